The van der Waals surface area contributed by atoms with Crippen LogP contribution in [0.25, 0.3) is 0 Å². The minimum absolute atomic E-state index is 0.655. The average molecular weight is 191 g/mol. The van der Waals surface area contributed by atoms with E-state index in [0.717, 1.165) is 11.7 Å². The fourth-order valence-corrected chi connectivity index (χ4v) is 1.81. The molecule has 0 heterocycles. The topological polar surface area (TPSA) is 21.3 Å². The van der Waals surface area contributed by atoms with E-state index in [2.05, 4.69) is 18.3 Å². The molecular weight excluding hydrogens is 174 g/mol. The van der Waals surface area contributed by atoms with Crippen molar-refractivity contribution >= 4 is 5.69 Å². The van der Waals surface area contributed by atoms with E-state index >= 15 is 0 Å². The molecule has 0 aliphatic heterocycles. The van der Waals surface area contributed by atoms with E-state index in [-0.39, 0.29) is 0 Å². The van der Waals surface area contributed by atoms with Crippen LogP contribution in [0.4, 0.5) is 5.69 Å². The van der Waals surface area contributed by atoms with E-state index in [9.17, 15) is 0 Å². The van der Waals surface area contributed by atoms with Gasteiger partial charge < -0.3 is 10.1 Å². The molecule has 2 rings (SSSR count). The van der Waals surface area contributed by atoms with Crippen LogP contribution >= 0.6 is 0 Å². The van der Waals surface area contributed by atoms with Crippen molar-refractivity contribution in [3.63, 3.8) is 0 Å². The van der Waals surface area contributed by atoms with Crippen molar-refractivity contribution in [2.75, 3.05) is 12.4 Å². The maximum absolute atomic E-state index is 5.17. The van der Waals surface area contributed by atoms with Crippen molar-refractivity contribution in [1.29, 1.82) is 0 Å². The molecule has 0 amide bonds. The van der Waals surface area contributed by atoms with E-state index in [1.54, 1.807) is 7.11 Å². The van der Waals surface area contributed by atoms with Crippen molar-refractivity contribution in [2.24, 2.45) is 5.92 Å². The van der Waals surface area contributed by atoms with Gasteiger partial charge in [-0.05, 0) is 30.9 Å². The van der Waals surface area contributed by atoms with E-state index in [4.69, 9.17) is 4.74 Å². The largest absolute Gasteiger partial charge is 0.497 e. The Morgan fingerprint density at radius 3 is 2.79 bits per heavy atom. The maximum atomic E-state index is 5.17. The summed E-state index contributed by atoms with van der Waals surface area (Å²) in [5, 5.41) is 3.52. The number of nitrogens with one attached hydrogen (secondary N) is 1. The normalized spacial score (nSPS) is 25.3. The number of benzene rings is 1. The summed E-state index contributed by atoms with van der Waals surface area (Å²) in [6.45, 7) is 2.29. The molecular formula is C12H17NO. The summed E-state index contributed by atoms with van der Waals surface area (Å²) in [5.41, 5.74) is 1.17. The number of hydrogen-bond donors (Lipinski definition) is 1. The van der Waals surface area contributed by atoms with Crippen LogP contribution < -0.4 is 10.1 Å². The number of ether oxygens (including phenoxy) is 1. The number of anilines is 1. The Morgan fingerprint density at radius 1 is 1.36 bits per heavy atom. The highest BCUT2D eigenvalue weighted by molar-refractivity contribution is 5.49. The molecule has 1 fully saturated rings. The minimum atomic E-state index is 0.655. The molecule has 1 aliphatic rings. The minimum Gasteiger partial charge on any atom is -0.497 e. The molecule has 1 aromatic rings. The Kier molecular flexibility index (Phi) is 2.62. The van der Waals surface area contributed by atoms with E-state index < -0.39 is 0 Å². The van der Waals surface area contributed by atoms with Crippen molar-refractivity contribution in [3.8, 4) is 5.75 Å². The SMILES string of the molecule is COc1cccc(NC2CCC2C)c1. The zero-order chi connectivity index (χ0) is 9.97. The van der Waals surface area contributed by atoms with Crippen LogP contribution in [0, 0.1) is 5.92 Å². The zero-order valence-corrected chi connectivity index (χ0v) is 8.79. The van der Waals surface area contributed by atoms with E-state index in [0.29, 0.717) is 6.04 Å². The van der Waals surface area contributed by atoms with Gasteiger partial charge in [0.25, 0.3) is 0 Å². The van der Waals surface area contributed by atoms with Crippen molar-refractivity contribution in [2.45, 2.75) is 25.8 Å². The number of methoxy groups -OCH3 is 1. The fraction of sp³-hybridized carbons (Fsp3) is 0.500. The van der Waals surface area contributed by atoms with E-state index in [1.807, 2.05) is 18.2 Å². The Labute approximate surface area is 85.3 Å². The highest BCUT2D eigenvalue weighted by Gasteiger charge is 2.26. The summed E-state index contributed by atoms with van der Waals surface area (Å²) in [7, 11) is 1.70. The molecule has 1 saturated carbocycles. The number of hydrogen-bond acceptors (Lipinski definition) is 2. The standard InChI is InChI=1S/C12H17NO/c1-9-6-7-12(9)13-10-4-3-5-11(8-10)14-2/h3-5,8-9,12-13H,6-7H2,1-2H3. The van der Waals surface area contributed by atoms with Gasteiger partial charge in [-0.3, -0.25) is 0 Å². The van der Waals surface area contributed by atoms with Gasteiger partial charge in [-0.1, -0.05) is 13.0 Å². The first-order chi connectivity index (χ1) is 6.79. The molecule has 2 nitrogen and oxygen atoms in total. The van der Waals surface area contributed by atoms with Gasteiger partial charge in [0.2, 0.25) is 0 Å². The van der Waals surface area contributed by atoms with Crippen LogP contribution in [0.15, 0.2) is 24.3 Å². The lowest BCUT2D eigenvalue weighted by molar-refractivity contribution is 0.303. The Bertz CT molecular complexity index is 311. The predicted octanol–water partition coefficient (Wildman–Crippen LogP) is 2.91. The third-order valence-corrected chi connectivity index (χ3v) is 3.04. The smallest absolute Gasteiger partial charge is 0.120 e. The van der Waals surface area contributed by atoms with Crippen LogP contribution in [0.2, 0.25) is 0 Å². The highest BCUT2D eigenvalue weighted by atomic mass is 16.5. The lowest BCUT2D eigenvalue weighted by Crippen LogP contribution is -2.36. The second-order valence-electron chi connectivity index (χ2n) is 4.04. The van der Waals surface area contributed by atoms with Gasteiger partial charge in [-0.15, -0.1) is 0 Å². The molecule has 76 valence electrons. The van der Waals surface area contributed by atoms with Crippen molar-refractivity contribution in [3.05, 3.63) is 24.3 Å². The summed E-state index contributed by atoms with van der Waals surface area (Å²) in [6.07, 6.45) is 2.64. The van der Waals surface area contributed by atoms with Crippen LogP contribution in [0.1, 0.15) is 19.8 Å². The van der Waals surface area contributed by atoms with Gasteiger partial charge >= 0.3 is 0 Å². The Morgan fingerprint density at radius 2 is 2.21 bits per heavy atom. The monoisotopic (exact) mass is 191 g/mol. The summed E-state index contributed by atoms with van der Waals surface area (Å²) in [5.74, 6) is 1.73. The van der Waals surface area contributed by atoms with Gasteiger partial charge in [0.05, 0.1) is 7.11 Å². The van der Waals surface area contributed by atoms with Crippen molar-refractivity contribution < 1.29 is 4.74 Å². The molecule has 14 heavy (non-hydrogen) atoms. The highest BCUT2D eigenvalue weighted by Crippen LogP contribution is 2.30. The Balaban J connectivity index is 2.01. The van der Waals surface area contributed by atoms with Crippen LogP contribution in [0.3, 0.4) is 0 Å². The summed E-state index contributed by atoms with van der Waals surface area (Å²) >= 11 is 0. The molecule has 0 bridgehead atoms. The molecule has 1 aliphatic carbocycles. The molecule has 0 radical (unpaired) electrons. The van der Waals surface area contributed by atoms with Gasteiger partial charge in [-0.2, -0.15) is 0 Å². The van der Waals surface area contributed by atoms with Crippen LogP contribution in [0.5, 0.6) is 5.75 Å². The summed E-state index contributed by atoms with van der Waals surface area (Å²) in [4.78, 5) is 0. The first kappa shape index (κ1) is 9.38. The van der Waals surface area contributed by atoms with Crippen molar-refractivity contribution in [1.82, 2.24) is 0 Å². The van der Waals surface area contributed by atoms with Gasteiger partial charge in [0.1, 0.15) is 5.75 Å². The second-order valence-corrected chi connectivity index (χ2v) is 4.04. The molecule has 0 saturated heterocycles. The number of rotatable bonds is 3. The van der Waals surface area contributed by atoms with Crippen LogP contribution in [-0.2, 0) is 0 Å². The zero-order valence-electron chi connectivity index (χ0n) is 8.79. The third kappa shape index (κ3) is 1.84. The fourth-order valence-electron chi connectivity index (χ4n) is 1.81. The van der Waals surface area contributed by atoms with Crippen LogP contribution in [-0.4, -0.2) is 13.2 Å². The summed E-state index contributed by atoms with van der Waals surface area (Å²) < 4.78 is 5.17. The average Bonchev–Trinajstić information content (AvgIpc) is 2.24. The maximum Gasteiger partial charge on any atom is 0.120 e. The third-order valence-electron chi connectivity index (χ3n) is 3.04. The molecule has 1 aromatic carbocycles. The first-order valence-electron chi connectivity index (χ1n) is 5.20. The molecule has 0 aromatic heterocycles. The first-order valence-corrected chi connectivity index (χ1v) is 5.20. The Hall–Kier alpha value is -1.18. The summed E-state index contributed by atoms with van der Waals surface area (Å²) in [6, 6.07) is 8.78. The van der Waals surface area contributed by atoms with Gasteiger partial charge in [0, 0.05) is 17.8 Å². The molecule has 2 heteroatoms. The second kappa shape index (κ2) is 3.91. The quantitative estimate of drug-likeness (QED) is 0.793. The molecule has 2 unspecified atom stereocenters. The lowest BCUT2D eigenvalue weighted by atomic mass is 9.81. The van der Waals surface area contributed by atoms with Gasteiger partial charge in [0.15, 0.2) is 0 Å². The van der Waals surface area contributed by atoms with Gasteiger partial charge in [-0.25, -0.2) is 0 Å². The molecule has 2 atom stereocenters. The molecule has 0 spiro atoms. The lowest BCUT2D eigenvalue weighted by Gasteiger charge is -2.35. The molecule has 1 N–H and O–H groups in total. The predicted molar refractivity (Wildman–Crippen MR) is 58.8 cm³/mol. The van der Waals surface area contributed by atoms with E-state index in [1.165, 1.54) is 18.5 Å².